The zero-order valence-corrected chi connectivity index (χ0v) is 9.91. The summed E-state index contributed by atoms with van der Waals surface area (Å²) < 4.78 is 0. The van der Waals surface area contributed by atoms with Gasteiger partial charge in [-0.05, 0) is 53.6 Å². The molecule has 4 heteroatoms. The van der Waals surface area contributed by atoms with Crippen LogP contribution in [0.4, 0.5) is 0 Å². The van der Waals surface area contributed by atoms with Gasteiger partial charge in [-0.25, -0.2) is 0 Å². The van der Waals surface area contributed by atoms with Crippen LogP contribution in [0.5, 0.6) is 17.2 Å². The number of hydrogen-bond acceptors (Lipinski definition) is 4. The third kappa shape index (κ3) is 2.85. The Morgan fingerprint density at radius 3 is 2.21 bits per heavy atom. The first-order valence-corrected chi connectivity index (χ1v) is 5.53. The molecular formula is C15H11NO3. The molecule has 0 radical (unpaired) electrons. The highest BCUT2D eigenvalue weighted by Crippen LogP contribution is 2.27. The van der Waals surface area contributed by atoms with Crippen LogP contribution in [0.25, 0.3) is 11.6 Å². The smallest absolute Gasteiger partial charge is 0.157 e. The maximum Gasteiger partial charge on any atom is 0.157 e. The van der Waals surface area contributed by atoms with Gasteiger partial charge in [0, 0.05) is 0 Å². The van der Waals surface area contributed by atoms with Crippen LogP contribution in [0.2, 0.25) is 0 Å². The van der Waals surface area contributed by atoms with Crippen LogP contribution in [-0.2, 0) is 0 Å². The predicted octanol–water partition coefficient (Wildman–Crippen LogP) is 2.87. The SMILES string of the molecule is N#C/C(=C\c1ccc(O)c(O)c1)c1ccc(O)cc1. The molecule has 2 aromatic carbocycles. The van der Waals surface area contributed by atoms with Crippen molar-refractivity contribution < 1.29 is 15.3 Å². The highest BCUT2D eigenvalue weighted by Gasteiger charge is 2.03. The Labute approximate surface area is 110 Å². The van der Waals surface area contributed by atoms with Crippen molar-refractivity contribution in [1.82, 2.24) is 0 Å². The molecule has 0 aliphatic carbocycles. The summed E-state index contributed by atoms with van der Waals surface area (Å²) in [7, 11) is 0. The van der Waals surface area contributed by atoms with E-state index in [1.165, 1.54) is 24.3 Å². The second-order valence-corrected chi connectivity index (χ2v) is 3.96. The minimum absolute atomic E-state index is 0.128. The van der Waals surface area contributed by atoms with Crippen LogP contribution in [0, 0.1) is 11.3 Å². The molecule has 0 unspecified atom stereocenters. The van der Waals surface area contributed by atoms with Gasteiger partial charge in [-0.2, -0.15) is 5.26 Å². The first-order chi connectivity index (χ1) is 9.10. The lowest BCUT2D eigenvalue weighted by Gasteiger charge is -2.02. The normalized spacial score (nSPS) is 11.0. The van der Waals surface area contributed by atoms with Crippen LogP contribution in [0.3, 0.4) is 0 Å². The third-order valence-corrected chi connectivity index (χ3v) is 2.61. The molecule has 0 spiro atoms. The highest BCUT2D eigenvalue weighted by atomic mass is 16.3. The lowest BCUT2D eigenvalue weighted by atomic mass is 10.0. The van der Waals surface area contributed by atoms with Crippen molar-refractivity contribution >= 4 is 11.6 Å². The van der Waals surface area contributed by atoms with E-state index in [9.17, 15) is 15.3 Å². The van der Waals surface area contributed by atoms with Crippen molar-refractivity contribution in [2.45, 2.75) is 0 Å². The van der Waals surface area contributed by atoms with E-state index in [0.717, 1.165) is 0 Å². The Kier molecular flexibility index (Phi) is 3.39. The number of nitrogens with zero attached hydrogens (tertiary/aromatic N) is 1. The molecule has 0 fully saturated rings. The molecule has 0 saturated heterocycles. The van der Waals surface area contributed by atoms with E-state index in [0.29, 0.717) is 16.7 Å². The average Bonchev–Trinajstić information content (AvgIpc) is 2.41. The van der Waals surface area contributed by atoms with E-state index in [1.807, 2.05) is 0 Å². The molecule has 0 aliphatic rings. The van der Waals surface area contributed by atoms with Crippen LogP contribution in [0.1, 0.15) is 11.1 Å². The molecule has 0 aliphatic heterocycles. The summed E-state index contributed by atoms with van der Waals surface area (Å²) in [5, 5.41) is 37.0. The van der Waals surface area contributed by atoms with Crippen LogP contribution in [-0.4, -0.2) is 15.3 Å². The molecular weight excluding hydrogens is 242 g/mol. The molecule has 0 atom stereocenters. The van der Waals surface area contributed by atoms with Gasteiger partial charge in [0.25, 0.3) is 0 Å². The molecule has 19 heavy (non-hydrogen) atoms. The second-order valence-electron chi connectivity index (χ2n) is 3.96. The van der Waals surface area contributed by atoms with E-state index < -0.39 is 0 Å². The quantitative estimate of drug-likeness (QED) is 0.436. The number of nitriles is 1. The van der Waals surface area contributed by atoms with Crippen molar-refractivity contribution in [3.8, 4) is 23.3 Å². The number of aromatic hydroxyl groups is 3. The van der Waals surface area contributed by atoms with Gasteiger partial charge < -0.3 is 15.3 Å². The first kappa shape index (κ1) is 12.5. The number of rotatable bonds is 2. The highest BCUT2D eigenvalue weighted by molar-refractivity contribution is 5.89. The van der Waals surface area contributed by atoms with Crippen molar-refractivity contribution in [2.24, 2.45) is 0 Å². The maximum absolute atomic E-state index is 9.40. The van der Waals surface area contributed by atoms with Gasteiger partial charge in [-0.15, -0.1) is 0 Å². The monoisotopic (exact) mass is 253 g/mol. The Morgan fingerprint density at radius 1 is 0.947 bits per heavy atom. The van der Waals surface area contributed by atoms with Gasteiger partial charge >= 0.3 is 0 Å². The largest absolute Gasteiger partial charge is 0.508 e. The molecule has 0 heterocycles. The number of phenols is 3. The Hall–Kier alpha value is -2.93. The minimum Gasteiger partial charge on any atom is -0.508 e. The Morgan fingerprint density at radius 2 is 1.63 bits per heavy atom. The first-order valence-electron chi connectivity index (χ1n) is 5.53. The summed E-state index contributed by atoms with van der Waals surface area (Å²) in [5.41, 5.74) is 1.65. The molecule has 0 amide bonds. The van der Waals surface area contributed by atoms with E-state index in [1.54, 1.807) is 24.3 Å². The number of allylic oxidation sites excluding steroid dienone is 1. The van der Waals surface area contributed by atoms with Gasteiger partial charge in [0.2, 0.25) is 0 Å². The summed E-state index contributed by atoms with van der Waals surface area (Å²) >= 11 is 0. The van der Waals surface area contributed by atoms with Crippen LogP contribution in [0.15, 0.2) is 42.5 Å². The molecule has 0 saturated carbocycles. The van der Waals surface area contributed by atoms with Gasteiger partial charge in [0.1, 0.15) is 5.75 Å². The fourth-order valence-corrected chi connectivity index (χ4v) is 1.62. The van der Waals surface area contributed by atoms with Gasteiger partial charge in [-0.1, -0.05) is 6.07 Å². The molecule has 94 valence electrons. The third-order valence-electron chi connectivity index (χ3n) is 2.61. The fraction of sp³-hybridized carbons (Fsp3) is 0. The number of benzene rings is 2. The van der Waals surface area contributed by atoms with Crippen molar-refractivity contribution in [3.05, 3.63) is 53.6 Å². The molecule has 4 nitrogen and oxygen atoms in total. The van der Waals surface area contributed by atoms with Crippen molar-refractivity contribution in [2.75, 3.05) is 0 Å². The minimum atomic E-state index is -0.239. The topological polar surface area (TPSA) is 84.5 Å². The predicted molar refractivity (Wildman–Crippen MR) is 71.4 cm³/mol. The van der Waals surface area contributed by atoms with Crippen LogP contribution >= 0.6 is 0 Å². The number of hydrogen-bond donors (Lipinski definition) is 3. The van der Waals surface area contributed by atoms with Gasteiger partial charge in [0.15, 0.2) is 11.5 Å². The molecule has 3 N–H and O–H groups in total. The Bertz CT molecular complexity index is 667. The lowest BCUT2D eigenvalue weighted by Crippen LogP contribution is -1.82. The van der Waals surface area contributed by atoms with E-state index in [2.05, 4.69) is 6.07 Å². The summed E-state index contributed by atoms with van der Waals surface area (Å²) in [5.74, 6) is -0.319. The van der Waals surface area contributed by atoms with E-state index in [4.69, 9.17) is 5.26 Å². The van der Waals surface area contributed by atoms with Crippen molar-refractivity contribution in [1.29, 1.82) is 5.26 Å². The summed E-state index contributed by atoms with van der Waals surface area (Å²) in [6, 6.07) is 12.6. The summed E-state index contributed by atoms with van der Waals surface area (Å²) in [6.07, 6.45) is 1.59. The van der Waals surface area contributed by atoms with Crippen LogP contribution < -0.4 is 0 Å². The standard InChI is InChI=1S/C15H11NO3/c16-9-12(11-2-4-13(17)5-3-11)7-10-1-6-14(18)15(19)8-10/h1-8,17-19H/b12-7+. The second kappa shape index (κ2) is 5.15. The maximum atomic E-state index is 9.40. The van der Waals surface area contributed by atoms with E-state index >= 15 is 0 Å². The van der Waals surface area contributed by atoms with E-state index in [-0.39, 0.29) is 17.2 Å². The average molecular weight is 253 g/mol. The summed E-state index contributed by atoms with van der Waals surface area (Å²) in [6.45, 7) is 0. The lowest BCUT2D eigenvalue weighted by molar-refractivity contribution is 0.403. The van der Waals surface area contributed by atoms with Gasteiger partial charge in [0.05, 0.1) is 11.6 Å². The van der Waals surface area contributed by atoms with Crippen molar-refractivity contribution in [3.63, 3.8) is 0 Å². The molecule has 2 rings (SSSR count). The fourth-order valence-electron chi connectivity index (χ4n) is 1.62. The Balaban J connectivity index is 2.41. The summed E-state index contributed by atoms with van der Waals surface area (Å²) in [4.78, 5) is 0. The number of phenolic OH excluding ortho intramolecular Hbond substituents is 3. The zero-order chi connectivity index (χ0) is 13.8. The van der Waals surface area contributed by atoms with Gasteiger partial charge in [-0.3, -0.25) is 0 Å². The molecule has 0 bridgehead atoms. The molecule has 0 aromatic heterocycles. The molecule has 2 aromatic rings. The zero-order valence-electron chi connectivity index (χ0n) is 9.91.